The molecule has 3 aromatic rings. The molecular weight excluding hydrogens is 338 g/mol. The summed E-state index contributed by atoms with van der Waals surface area (Å²) < 4.78 is 0. The summed E-state index contributed by atoms with van der Waals surface area (Å²) in [7, 11) is 0. The molecule has 0 bridgehead atoms. The van der Waals surface area contributed by atoms with Gasteiger partial charge >= 0.3 is 0 Å². The van der Waals surface area contributed by atoms with Crippen LogP contribution < -0.4 is 5.73 Å². The molecule has 1 aliphatic heterocycles. The van der Waals surface area contributed by atoms with E-state index in [0.29, 0.717) is 18.7 Å². The minimum atomic E-state index is -0.594. The van der Waals surface area contributed by atoms with Crippen LogP contribution >= 0.6 is 0 Å². The van der Waals surface area contributed by atoms with Gasteiger partial charge in [-0.2, -0.15) is 0 Å². The number of carbonyl (C=O) groups excluding carboxylic acids is 1. The molecule has 1 fully saturated rings. The molecule has 2 heterocycles. The molecular formula is C22H23N3O2. The topological polar surface area (TPSA) is 82.3 Å². The molecule has 138 valence electrons. The molecule has 0 radical (unpaired) electrons. The van der Waals surface area contributed by atoms with Gasteiger partial charge in [0, 0.05) is 41.2 Å². The van der Waals surface area contributed by atoms with E-state index >= 15 is 0 Å². The van der Waals surface area contributed by atoms with Gasteiger partial charge in [0.25, 0.3) is 5.91 Å². The van der Waals surface area contributed by atoms with Crippen molar-refractivity contribution in [3.05, 3.63) is 71.4 Å². The van der Waals surface area contributed by atoms with Gasteiger partial charge in [-0.3, -0.25) is 4.79 Å². The Morgan fingerprint density at radius 1 is 1.15 bits per heavy atom. The Balaban J connectivity index is 1.39. The van der Waals surface area contributed by atoms with E-state index in [4.69, 9.17) is 5.73 Å². The zero-order chi connectivity index (χ0) is 18.6. The summed E-state index contributed by atoms with van der Waals surface area (Å²) in [6.07, 6.45) is 2.75. The first-order valence-electron chi connectivity index (χ1n) is 9.50. The molecule has 1 spiro atoms. The minimum absolute atomic E-state index is 0.0537. The maximum absolute atomic E-state index is 13.0. The van der Waals surface area contributed by atoms with Gasteiger partial charge in [0.15, 0.2) is 0 Å². The summed E-state index contributed by atoms with van der Waals surface area (Å²) in [5.41, 5.74) is 9.90. The number of benzene rings is 2. The van der Waals surface area contributed by atoms with Crippen LogP contribution in [0.2, 0.25) is 0 Å². The fraction of sp³-hybridized carbons (Fsp3) is 0.318. The van der Waals surface area contributed by atoms with Crippen LogP contribution in [-0.2, 0) is 5.41 Å². The Kier molecular flexibility index (Phi) is 3.64. The molecule has 0 saturated carbocycles. The van der Waals surface area contributed by atoms with Gasteiger partial charge in [-0.1, -0.05) is 24.3 Å². The monoisotopic (exact) mass is 361 g/mol. The lowest BCUT2D eigenvalue weighted by atomic mass is 9.72. The first-order valence-corrected chi connectivity index (χ1v) is 9.50. The molecule has 0 unspecified atom stereocenters. The normalized spacial score (nSPS) is 23.7. The number of aromatic amines is 1. The van der Waals surface area contributed by atoms with E-state index in [1.165, 1.54) is 0 Å². The number of rotatable bonds is 1. The van der Waals surface area contributed by atoms with Crippen molar-refractivity contribution in [3.63, 3.8) is 0 Å². The second-order valence-corrected chi connectivity index (χ2v) is 7.79. The number of nitrogens with one attached hydrogen (secondary N) is 1. The predicted octanol–water partition coefficient (Wildman–Crippen LogP) is 2.72. The van der Waals surface area contributed by atoms with E-state index in [1.54, 1.807) is 0 Å². The van der Waals surface area contributed by atoms with Crippen LogP contribution in [0.3, 0.4) is 0 Å². The second-order valence-electron chi connectivity index (χ2n) is 7.79. The number of aromatic nitrogens is 1. The van der Waals surface area contributed by atoms with Gasteiger partial charge in [-0.05, 0) is 48.2 Å². The molecule has 1 aromatic heterocycles. The van der Waals surface area contributed by atoms with E-state index in [0.717, 1.165) is 34.9 Å². The van der Waals surface area contributed by atoms with E-state index in [9.17, 15) is 9.90 Å². The highest BCUT2D eigenvalue weighted by Crippen LogP contribution is 2.50. The average Bonchev–Trinajstić information content (AvgIpc) is 3.26. The van der Waals surface area contributed by atoms with Crippen molar-refractivity contribution < 1.29 is 9.90 Å². The highest BCUT2D eigenvalue weighted by molar-refractivity contribution is 5.98. The third-order valence-electron chi connectivity index (χ3n) is 6.51. The number of aliphatic hydroxyl groups excluding tert-OH is 1. The predicted molar refractivity (Wildman–Crippen MR) is 104 cm³/mol. The number of nitrogens with zero attached hydrogens (tertiary/aromatic N) is 1. The SMILES string of the molecule is N[C@@H]1c2ccccc2C2(CCN(C(=O)c3ccc4[nH]ccc4c3)CC2)[C@H]1O. The number of hydrogen-bond acceptors (Lipinski definition) is 3. The van der Waals surface area contributed by atoms with E-state index < -0.39 is 6.10 Å². The molecule has 1 amide bonds. The smallest absolute Gasteiger partial charge is 0.253 e. The molecule has 4 N–H and O–H groups in total. The van der Waals surface area contributed by atoms with E-state index in [2.05, 4.69) is 11.1 Å². The second kappa shape index (κ2) is 5.94. The fourth-order valence-corrected chi connectivity index (χ4v) is 4.96. The lowest BCUT2D eigenvalue weighted by molar-refractivity contribution is 0.0262. The first kappa shape index (κ1) is 16.5. The molecule has 5 heteroatoms. The lowest BCUT2D eigenvalue weighted by Crippen LogP contribution is -2.50. The van der Waals surface area contributed by atoms with Gasteiger partial charge in [-0.25, -0.2) is 0 Å². The first-order chi connectivity index (χ1) is 13.1. The summed E-state index contributed by atoms with van der Waals surface area (Å²) in [4.78, 5) is 18.0. The number of likely N-dealkylation sites (tertiary alicyclic amines) is 1. The number of hydrogen-bond donors (Lipinski definition) is 3. The van der Waals surface area contributed by atoms with Crippen LogP contribution in [0.25, 0.3) is 10.9 Å². The molecule has 1 aliphatic carbocycles. The number of nitrogens with two attached hydrogens (primary N) is 1. The Morgan fingerprint density at radius 3 is 2.74 bits per heavy atom. The number of aliphatic hydroxyl groups is 1. The Hall–Kier alpha value is -2.63. The van der Waals surface area contributed by atoms with Gasteiger partial charge in [0.1, 0.15) is 0 Å². The van der Waals surface area contributed by atoms with Crippen LogP contribution in [-0.4, -0.2) is 40.1 Å². The number of fused-ring (bicyclic) bond motifs is 3. The summed E-state index contributed by atoms with van der Waals surface area (Å²) in [5.74, 6) is 0.0537. The number of piperidine rings is 1. The number of amides is 1. The zero-order valence-electron chi connectivity index (χ0n) is 15.1. The molecule has 5 rings (SSSR count). The van der Waals surface area contributed by atoms with Crippen LogP contribution in [0.4, 0.5) is 0 Å². The quantitative estimate of drug-likeness (QED) is 0.623. The summed E-state index contributed by atoms with van der Waals surface area (Å²) in [5, 5.41) is 11.9. The molecule has 5 nitrogen and oxygen atoms in total. The molecule has 2 aliphatic rings. The summed E-state index contributed by atoms with van der Waals surface area (Å²) in [6.45, 7) is 1.25. The Labute approximate surface area is 157 Å². The van der Waals surface area contributed by atoms with Crippen LogP contribution in [0.15, 0.2) is 54.7 Å². The molecule has 1 saturated heterocycles. The van der Waals surface area contributed by atoms with Crippen molar-refractivity contribution in [2.24, 2.45) is 5.73 Å². The van der Waals surface area contributed by atoms with Gasteiger partial charge < -0.3 is 20.7 Å². The van der Waals surface area contributed by atoms with Crippen molar-refractivity contribution in [1.29, 1.82) is 0 Å². The standard InChI is InChI=1S/C22H23N3O2/c23-19-16-3-1-2-4-17(16)22(20(19)26)8-11-25(12-9-22)21(27)15-5-6-18-14(13-15)7-10-24-18/h1-7,10,13,19-20,24,26H,8-9,11-12,23H2/t19-,20+/m1/s1. The van der Waals surface area contributed by atoms with Gasteiger partial charge in [0.2, 0.25) is 0 Å². The molecule has 2 atom stereocenters. The highest BCUT2D eigenvalue weighted by Gasteiger charge is 2.51. The van der Waals surface area contributed by atoms with Gasteiger partial charge in [-0.15, -0.1) is 0 Å². The lowest BCUT2D eigenvalue weighted by Gasteiger charge is -2.42. The van der Waals surface area contributed by atoms with Gasteiger partial charge in [0.05, 0.1) is 12.1 Å². The molecule has 27 heavy (non-hydrogen) atoms. The van der Waals surface area contributed by atoms with Crippen molar-refractivity contribution in [3.8, 4) is 0 Å². The zero-order valence-corrected chi connectivity index (χ0v) is 15.1. The number of carbonyl (C=O) groups is 1. The van der Waals surface area contributed by atoms with E-state index in [1.807, 2.05) is 53.6 Å². The third kappa shape index (κ3) is 2.35. The fourth-order valence-electron chi connectivity index (χ4n) is 4.96. The largest absolute Gasteiger partial charge is 0.390 e. The summed E-state index contributed by atoms with van der Waals surface area (Å²) >= 11 is 0. The maximum atomic E-state index is 13.0. The van der Waals surface area contributed by atoms with Crippen molar-refractivity contribution in [2.75, 3.05) is 13.1 Å². The maximum Gasteiger partial charge on any atom is 0.253 e. The van der Waals surface area contributed by atoms with Crippen molar-refractivity contribution >= 4 is 16.8 Å². The van der Waals surface area contributed by atoms with Crippen molar-refractivity contribution in [1.82, 2.24) is 9.88 Å². The highest BCUT2D eigenvalue weighted by atomic mass is 16.3. The minimum Gasteiger partial charge on any atom is -0.390 e. The van der Waals surface area contributed by atoms with Crippen LogP contribution in [0, 0.1) is 0 Å². The Bertz CT molecular complexity index is 1020. The third-order valence-corrected chi connectivity index (χ3v) is 6.51. The van der Waals surface area contributed by atoms with Crippen LogP contribution in [0.1, 0.15) is 40.4 Å². The van der Waals surface area contributed by atoms with Crippen LogP contribution in [0.5, 0.6) is 0 Å². The van der Waals surface area contributed by atoms with E-state index in [-0.39, 0.29) is 17.4 Å². The Morgan fingerprint density at radius 2 is 1.93 bits per heavy atom. The average molecular weight is 361 g/mol. The summed E-state index contributed by atoms with van der Waals surface area (Å²) in [6, 6.07) is 15.5. The number of H-pyrrole nitrogens is 1. The molecule has 2 aromatic carbocycles. The van der Waals surface area contributed by atoms with Crippen molar-refractivity contribution in [2.45, 2.75) is 30.4 Å².